The minimum atomic E-state index is -0.0409. The second-order valence-electron chi connectivity index (χ2n) is 3.35. The summed E-state index contributed by atoms with van der Waals surface area (Å²) in [5, 5.41) is 11.0. The number of hydrogen-bond acceptors (Lipinski definition) is 5. The normalized spacial score (nSPS) is 17.4. The molecule has 1 aromatic carbocycles. The van der Waals surface area contributed by atoms with E-state index >= 15 is 0 Å². The zero-order valence-corrected chi connectivity index (χ0v) is 12.5. The van der Waals surface area contributed by atoms with Crippen molar-refractivity contribution < 1.29 is 9.53 Å². The fraction of sp³-hybridized carbons (Fsp3) is 0.182. The highest BCUT2D eigenvalue weighted by Gasteiger charge is 2.15. The van der Waals surface area contributed by atoms with Gasteiger partial charge in [0.15, 0.2) is 5.17 Å². The lowest BCUT2D eigenvalue weighted by Crippen LogP contribution is -2.19. The number of thioether (sulfide) groups is 1. The Balaban J connectivity index is 2.14. The van der Waals surface area contributed by atoms with Crippen LogP contribution < -0.4 is 10.1 Å². The number of carbonyl (C=O) groups excluding carboxylic acids is 1. The fourth-order valence-corrected chi connectivity index (χ4v) is 2.74. The first-order valence-electron chi connectivity index (χ1n) is 5.07. The molecule has 0 saturated carbocycles. The highest BCUT2D eigenvalue weighted by Crippen LogP contribution is 2.23. The van der Waals surface area contributed by atoms with E-state index < -0.39 is 0 Å². The van der Waals surface area contributed by atoms with Gasteiger partial charge in [-0.1, -0.05) is 17.8 Å². The number of carbonyl (C=O) groups is 1. The molecule has 1 heterocycles. The van der Waals surface area contributed by atoms with Gasteiger partial charge in [0, 0.05) is 5.56 Å². The first kappa shape index (κ1) is 13.3. The van der Waals surface area contributed by atoms with E-state index in [2.05, 4.69) is 38.1 Å². The number of nitrogens with one attached hydrogen (secondary N) is 1. The third-order valence-electron chi connectivity index (χ3n) is 2.13. The van der Waals surface area contributed by atoms with Crippen molar-refractivity contribution in [3.63, 3.8) is 0 Å². The number of nitrogens with zero attached hydrogens (tertiary/aromatic N) is 2. The van der Waals surface area contributed by atoms with Gasteiger partial charge in [0.1, 0.15) is 5.75 Å². The Morgan fingerprint density at radius 1 is 1.56 bits per heavy atom. The topological polar surface area (TPSA) is 63.1 Å². The number of hydrogen-bond donors (Lipinski definition) is 1. The molecule has 0 spiro atoms. The summed E-state index contributed by atoms with van der Waals surface area (Å²) in [6, 6.07) is 5.77. The largest absolute Gasteiger partial charge is 0.495 e. The van der Waals surface area contributed by atoms with Crippen molar-refractivity contribution in [3.8, 4) is 5.75 Å². The van der Waals surface area contributed by atoms with Crippen molar-refractivity contribution in [2.24, 2.45) is 10.2 Å². The summed E-state index contributed by atoms with van der Waals surface area (Å²) in [6.07, 6.45) is 1.61. The van der Waals surface area contributed by atoms with E-state index in [-0.39, 0.29) is 5.91 Å². The predicted octanol–water partition coefficient (Wildman–Crippen LogP) is 1.85. The van der Waals surface area contributed by atoms with Crippen molar-refractivity contribution in [2.75, 3.05) is 12.9 Å². The molecular formula is C11H10IN3O2S. The average Bonchev–Trinajstić information content (AvgIpc) is 2.75. The van der Waals surface area contributed by atoms with Crippen molar-refractivity contribution in [3.05, 3.63) is 27.3 Å². The maximum atomic E-state index is 10.9. The maximum absolute atomic E-state index is 10.9. The number of rotatable bonds is 3. The molecule has 0 radical (unpaired) electrons. The lowest BCUT2D eigenvalue weighted by molar-refractivity contribution is -0.116. The molecule has 94 valence electrons. The molecule has 0 aromatic heterocycles. The molecule has 0 aliphatic carbocycles. The number of ether oxygens (including phenoxy) is 1. The van der Waals surface area contributed by atoms with Gasteiger partial charge >= 0.3 is 0 Å². The van der Waals surface area contributed by atoms with Crippen LogP contribution in [0.15, 0.2) is 28.4 Å². The quantitative estimate of drug-likeness (QED) is 0.498. The zero-order chi connectivity index (χ0) is 13.0. The molecule has 0 atom stereocenters. The van der Waals surface area contributed by atoms with Gasteiger partial charge in [0.2, 0.25) is 5.91 Å². The summed E-state index contributed by atoms with van der Waals surface area (Å²) in [6.45, 7) is 0. The second-order valence-corrected chi connectivity index (χ2v) is 5.48. The monoisotopic (exact) mass is 375 g/mol. The van der Waals surface area contributed by atoms with Crippen LogP contribution in [0.2, 0.25) is 0 Å². The lowest BCUT2D eigenvalue weighted by Gasteiger charge is -2.05. The number of halogens is 1. The van der Waals surface area contributed by atoms with Gasteiger partial charge in [-0.3, -0.25) is 4.79 Å². The van der Waals surface area contributed by atoms with Crippen molar-refractivity contribution in [1.82, 2.24) is 5.32 Å². The van der Waals surface area contributed by atoms with Crippen LogP contribution >= 0.6 is 34.4 Å². The van der Waals surface area contributed by atoms with Gasteiger partial charge in [-0.25, -0.2) is 0 Å². The van der Waals surface area contributed by atoms with Gasteiger partial charge < -0.3 is 10.1 Å². The van der Waals surface area contributed by atoms with E-state index in [0.717, 1.165) is 14.9 Å². The summed E-state index contributed by atoms with van der Waals surface area (Å²) < 4.78 is 6.30. The van der Waals surface area contributed by atoms with Gasteiger partial charge in [0.05, 0.1) is 22.6 Å². The Bertz CT molecular complexity index is 531. The molecule has 5 nitrogen and oxygen atoms in total. The Labute approximate surface area is 122 Å². The van der Waals surface area contributed by atoms with Gasteiger partial charge in [-0.05, 0) is 34.7 Å². The zero-order valence-electron chi connectivity index (χ0n) is 9.51. The van der Waals surface area contributed by atoms with Crippen molar-refractivity contribution in [1.29, 1.82) is 0 Å². The number of amides is 1. The van der Waals surface area contributed by atoms with Gasteiger partial charge in [-0.15, -0.1) is 5.10 Å². The fourth-order valence-electron chi connectivity index (χ4n) is 1.37. The first-order valence-corrected chi connectivity index (χ1v) is 7.13. The molecule has 1 aliphatic rings. The summed E-state index contributed by atoms with van der Waals surface area (Å²) in [7, 11) is 1.62. The third-order valence-corrected chi connectivity index (χ3v) is 3.85. The Kier molecular flexibility index (Phi) is 4.59. The van der Waals surface area contributed by atoms with Crippen LogP contribution in [-0.2, 0) is 4.79 Å². The van der Waals surface area contributed by atoms with Crippen LogP contribution in [0.3, 0.4) is 0 Å². The minimum Gasteiger partial charge on any atom is -0.495 e. The SMILES string of the molecule is COc1c(I)cccc1C=NN=C1NC(=O)CS1. The number of benzene rings is 1. The highest BCUT2D eigenvalue weighted by molar-refractivity contribution is 14.1. The van der Waals surface area contributed by atoms with E-state index in [0.29, 0.717) is 10.9 Å². The summed E-state index contributed by atoms with van der Waals surface area (Å²) in [4.78, 5) is 10.9. The van der Waals surface area contributed by atoms with Crippen molar-refractivity contribution in [2.45, 2.75) is 0 Å². The molecular weight excluding hydrogens is 365 g/mol. The van der Waals surface area contributed by atoms with Crippen molar-refractivity contribution >= 4 is 51.6 Å². The Morgan fingerprint density at radius 3 is 3.06 bits per heavy atom. The van der Waals surface area contributed by atoms with E-state index in [9.17, 15) is 4.79 Å². The molecule has 1 aliphatic heterocycles. The summed E-state index contributed by atoms with van der Waals surface area (Å²) in [5.41, 5.74) is 0.850. The van der Waals surface area contributed by atoms with E-state index in [4.69, 9.17) is 4.74 Å². The molecule has 18 heavy (non-hydrogen) atoms. The van der Waals surface area contributed by atoms with Crippen LogP contribution in [0.25, 0.3) is 0 Å². The maximum Gasteiger partial charge on any atom is 0.236 e. The van der Waals surface area contributed by atoms with Crippen LogP contribution in [-0.4, -0.2) is 30.2 Å². The average molecular weight is 375 g/mol. The predicted molar refractivity (Wildman–Crippen MR) is 81.3 cm³/mol. The Hall–Kier alpha value is -1.09. The molecule has 7 heteroatoms. The highest BCUT2D eigenvalue weighted by atomic mass is 127. The number of para-hydroxylation sites is 1. The third kappa shape index (κ3) is 3.22. The summed E-state index contributed by atoms with van der Waals surface area (Å²) in [5.74, 6) is 1.13. The van der Waals surface area contributed by atoms with Crippen LogP contribution in [0.1, 0.15) is 5.56 Å². The molecule has 1 aromatic rings. The summed E-state index contributed by atoms with van der Waals surface area (Å²) >= 11 is 3.54. The molecule has 1 N–H and O–H groups in total. The van der Waals surface area contributed by atoms with E-state index in [1.54, 1.807) is 13.3 Å². The minimum absolute atomic E-state index is 0.0409. The molecule has 1 amide bonds. The van der Waals surface area contributed by atoms with Crippen LogP contribution in [0.4, 0.5) is 0 Å². The van der Waals surface area contributed by atoms with Gasteiger partial charge in [-0.2, -0.15) is 5.10 Å². The smallest absolute Gasteiger partial charge is 0.236 e. The number of methoxy groups -OCH3 is 1. The molecule has 0 bridgehead atoms. The van der Waals surface area contributed by atoms with Crippen LogP contribution in [0.5, 0.6) is 5.75 Å². The van der Waals surface area contributed by atoms with Crippen LogP contribution in [0, 0.1) is 3.57 Å². The lowest BCUT2D eigenvalue weighted by atomic mass is 10.2. The molecule has 1 fully saturated rings. The first-order chi connectivity index (χ1) is 8.70. The Morgan fingerprint density at radius 2 is 2.39 bits per heavy atom. The standard InChI is InChI=1S/C11H10IN3O2S/c1-17-10-7(3-2-4-8(10)12)5-13-15-11-14-9(16)6-18-11/h2-5H,6H2,1H3,(H,14,15,16). The molecule has 2 rings (SSSR count). The van der Waals surface area contributed by atoms with E-state index in [1.165, 1.54) is 11.8 Å². The number of amidine groups is 1. The van der Waals surface area contributed by atoms with E-state index in [1.807, 2.05) is 18.2 Å². The molecule has 0 unspecified atom stereocenters. The van der Waals surface area contributed by atoms with Gasteiger partial charge in [0.25, 0.3) is 0 Å². The second kappa shape index (κ2) is 6.19. The molecule has 1 saturated heterocycles.